The second-order valence-corrected chi connectivity index (χ2v) is 4.33. The third kappa shape index (κ3) is 2.09. The summed E-state index contributed by atoms with van der Waals surface area (Å²) in [6.07, 6.45) is 2.96. The van der Waals surface area contributed by atoms with Crippen molar-refractivity contribution in [2.24, 2.45) is 0 Å². The average molecular weight is 237 g/mol. The molecule has 2 heteroatoms. The van der Waals surface area contributed by atoms with Crippen molar-refractivity contribution >= 4 is 10.9 Å². The highest BCUT2D eigenvalue weighted by atomic mass is 16.5. The van der Waals surface area contributed by atoms with Crippen LogP contribution in [0.3, 0.4) is 0 Å². The minimum Gasteiger partial charge on any atom is -0.457 e. The number of aromatic amines is 1. The van der Waals surface area contributed by atoms with Crippen LogP contribution in [0, 0.1) is 0 Å². The van der Waals surface area contributed by atoms with Crippen LogP contribution >= 0.6 is 0 Å². The van der Waals surface area contributed by atoms with Crippen LogP contribution in [-0.4, -0.2) is 4.98 Å². The Morgan fingerprint density at radius 3 is 2.78 bits per heavy atom. The minimum atomic E-state index is 0.871. The van der Waals surface area contributed by atoms with Crippen molar-refractivity contribution in [1.82, 2.24) is 4.98 Å². The summed E-state index contributed by atoms with van der Waals surface area (Å²) in [5, 5.41) is 1.17. The molecule has 0 bridgehead atoms. The predicted octanol–water partition coefficient (Wildman–Crippen LogP) is 4.52. The molecule has 0 aliphatic heterocycles. The first-order chi connectivity index (χ1) is 8.85. The third-order valence-corrected chi connectivity index (χ3v) is 3.07. The molecule has 0 amide bonds. The van der Waals surface area contributed by atoms with Gasteiger partial charge in [-0.2, -0.15) is 0 Å². The summed E-state index contributed by atoms with van der Waals surface area (Å²) in [4.78, 5) is 3.17. The molecule has 0 aliphatic rings. The summed E-state index contributed by atoms with van der Waals surface area (Å²) in [7, 11) is 0. The second kappa shape index (κ2) is 4.57. The number of rotatable bonds is 3. The smallest absolute Gasteiger partial charge is 0.128 e. The SMILES string of the molecule is CCc1cccc(Oc2ccc3[nH]ccc3c2)c1. The van der Waals surface area contributed by atoms with Crippen LogP contribution in [-0.2, 0) is 6.42 Å². The van der Waals surface area contributed by atoms with E-state index in [1.165, 1.54) is 10.9 Å². The van der Waals surface area contributed by atoms with E-state index in [9.17, 15) is 0 Å². The second-order valence-electron chi connectivity index (χ2n) is 4.33. The van der Waals surface area contributed by atoms with E-state index in [0.29, 0.717) is 0 Å². The van der Waals surface area contributed by atoms with E-state index in [0.717, 1.165) is 23.4 Å². The van der Waals surface area contributed by atoms with Crippen LogP contribution in [0.1, 0.15) is 12.5 Å². The Morgan fingerprint density at radius 2 is 1.89 bits per heavy atom. The van der Waals surface area contributed by atoms with Gasteiger partial charge in [0.05, 0.1) is 0 Å². The van der Waals surface area contributed by atoms with Crippen molar-refractivity contribution in [3.63, 3.8) is 0 Å². The van der Waals surface area contributed by atoms with Crippen molar-refractivity contribution in [3.8, 4) is 11.5 Å². The number of hydrogen-bond donors (Lipinski definition) is 1. The Kier molecular flexibility index (Phi) is 2.77. The van der Waals surface area contributed by atoms with Crippen LogP contribution in [0.4, 0.5) is 0 Å². The molecule has 18 heavy (non-hydrogen) atoms. The topological polar surface area (TPSA) is 25.0 Å². The minimum absolute atomic E-state index is 0.871. The van der Waals surface area contributed by atoms with Crippen molar-refractivity contribution in [1.29, 1.82) is 0 Å². The van der Waals surface area contributed by atoms with Crippen LogP contribution in [0.25, 0.3) is 10.9 Å². The number of ether oxygens (including phenoxy) is 1. The number of fused-ring (bicyclic) bond motifs is 1. The van der Waals surface area contributed by atoms with Crippen LogP contribution in [0.2, 0.25) is 0 Å². The highest BCUT2D eigenvalue weighted by molar-refractivity contribution is 5.80. The van der Waals surface area contributed by atoms with Gasteiger partial charge in [-0.3, -0.25) is 0 Å². The molecular formula is C16H15NO. The number of hydrogen-bond acceptors (Lipinski definition) is 1. The van der Waals surface area contributed by atoms with Gasteiger partial charge in [-0.1, -0.05) is 19.1 Å². The first-order valence-electron chi connectivity index (χ1n) is 6.19. The Bertz CT molecular complexity index is 669. The van der Waals surface area contributed by atoms with E-state index in [2.05, 4.69) is 24.0 Å². The summed E-state index contributed by atoms with van der Waals surface area (Å²) >= 11 is 0. The van der Waals surface area contributed by atoms with E-state index in [1.54, 1.807) is 0 Å². The monoisotopic (exact) mass is 237 g/mol. The van der Waals surface area contributed by atoms with Crippen LogP contribution in [0.15, 0.2) is 54.7 Å². The molecule has 1 heterocycles. The third-order valence-electron chi connectivity index (χ3n) is 3.07. The quantitative estimate of drug-likeness (QED) is 0.711. The van der Waals surface area contributed by atoms with E-state index in [-0.39, 0.29) is 0 Å². The van der Waals surface area contributed by atoms with Gasteiger partial charge in [0.15, 0.2) is 0 Å². The van der Waals surface area contributed by atoms with Gasteiger partial charge < -0.3 is 9.72 Å². The summed E-state index contributed by atoms with van der Waals surface area (Å²) in [5.41, 5.74) is 2.42. The lowest BCUT2D eigenvalue weighted by molar-refractivity contribution is 0.483. The molecule has 1 aromatic heterocycles. The molecule has 3 rings (SSSR count). The zero-order chi connectivity index (χ0) is 12.4. The molecule has 0 saturated carbocycles. The molecular weight excluding hydrogens is 222 g/mol. The van der Waals surface area contributed by atoms with E-state index >= 15 is 0 Å². The lowest BCUT2D eigenvalue weighted by Gasteiger charge is -2.07. The lowest BCUT2D eigenvalue weighted by Crippen LogP contribution is -1.86. The van der Waals surface area contributed by atoms with E-state index in [4.69, 9.17) is 4.74 Å². The molecule has 0 aliphatic carbocycles. The van der Waals surface area contributed by atoms with Crippen LogP contribution < -0.4 is 4.74 Å². The molecule has 2 aromatic carbocycles. The fraction of sp³-hybridized carbons (Fsp3) is 0.125. The Labute approximate surface area is 106 Å². The molecule has 1 N–H and O–H groups in total. The standard InChI is InChI=1S/C16H15NO/c1-2-12-4-3-5-14(10-12)18-15-6-7-16-13(11-15)8-9-17-16/h3-11,17H,2H2,1H3. The summed E-state index contributed by atoms with van der Waals surface area (Å²) in [6, 6.07) is 16.3. The Morgan fingerprint density at radius 1 is 1.00 bits per heavy atom. The zero-order valence-corrected chi connectivity index (χ0v) is 10.3. The largest absolute Gasteiger partial charge is 0.457 e. The normalized spacial score (nSPS) is 10.7. The molecule has 0 spiro atoms. The van der Waals surface area contributed by atoms with Gasteiger partial charge in [-0.25, -0.2) is 0 Å². The fourth-order valence-corrected chi connectivity index (χ4v) is 2.06. The number of H-pyrrole nitrogens is 1. The molecule has 3 aromatic rings. The maximum atomic E-state index is 5.88. The first kappa shape index (κ1) is 10.9. The van der Waals surface area contributed by atoms with Gasteiger partial charge in [-0.15, -0.1) is 0 Å². The van der Waals surface area contributed by atoms with Gasteiger partial charge >= 0.3 is 0 Å². The van der Waals surface area contributed by atoms with Crippen LogP contribution in [0.5, 0.6) is 11.5 Å². The van der Waals surface area contributed by atoms with E-state index in [1.807, 2.05) is 42.6 Å². The van der Waals surface area contributed by atoms with Gasteiger partial charge in [0.25, 0.3) is 0 Å². The Balaban J connectivity index is 1.90. The predicted molar refractivity (Wildman–Crippen MR) is 74.2 cm³/mol. The highest BCUT2D eigenvalue weighted by Gasteiger charge is 2.00. The van der Waals surface area contributed by atoms with Gasteiger partial charge in [0.2, 0.25) is 0 Å². The molecule has 0 radical (unpaired) electrons. The maximum absolute atomic E-state index is 5.88. The number of aryl methyl sites for hydroxylation is 1. The van der Waals surface area contributed by atoms with Gasteiger partial charge in [0, 0.05) is 17.1 Å². The van der Waals surface area contributed by atoms with Crippen molar-refractivity contribution in [2.75, 3.05) is 0 Å². The first-order valence-corrected chi connectivity index (χ1v) is 6.19. The lowest BCUT2D eigenvalue weighted by atomic mass is 10.2. The number of aromatic nitrogens is 1. The number of benzene rings is 2. The highest BCUT2D eigenvalue weighted by Crippen LogP contribution is 2.25. The summed E-state index contributed by atoms with van der Waals surface area (Å²) < 4.78 is 5.88. The van der Waals surface area contributed by atoms with Crippen molar-refractivity contribution in [2.45, 2.75) is 13.3 Å². The molecule has 90 valence electrons. The van der Waals surface area contributed by atoms with Gasteiger partial charge in [0.1, 0.15) is 11.5 Å². The molecule has 0 atom stereocenters. The fourth-order valence-electron chi connectivity index (χ4n) is 2.06. The maximum Gasteiger partial charge on any atom is 0.128 e. The zero-order valence-electron chi connectivity index (χ0n) is 10.3. The molecule has 0 fully saturated rings. The van der Waals surface area contributed by atoms with Crippen molar-refractivity contribution in [3.05, 3.63) is 60.3 Å². The molecule has 0 saturated heterocycles. The van der Waals surface area contributed by atoms with Gasteiger partial charge in [-0.05, 0) is 48.4 Å². The average Bonchev–Trinajstić information content (AvgIpc) is 2.86. The van der Waals surface area contributed by atoms with Crippen molar-refractivity contribution < 1.29 is 4.74 Å². The summed E-state index contributed by atoms with van der Waals surface area (Å²) in [5.74, 6) is 1.76. The number of nitrogens with one attached hydrogen (secondary N) is 1. The molecule has 2 nitrogen and oxygen atoms in total. The summed E-state index contributed by atoms with van der Waals surface area (Å²) in [6.45, 7) is 2.14. The molecule has 0 unspecified atom stereocenters. The van der Waals surface area contributed by atoms with E-state index < -0.39 is 0 Å². The Hall–Kier alpha value is -2.22.